The summed E-state index contributed by atoms with van der Waals surface area (Å²) >= 11 is 0. The van der Waals surface area contributed by atoms with E-state index in [0.717, 1.165) is 12.1 Å². The SMILES string of the molecule is CC(C)(C)OC(=O)NCCC=Cc1cc(F)c(N)cc1C(F)(F)F. The summed E-state index contributed by atoms with van der Waals surface area (Å²) in [6, 6.07) is 1.30. The Morgan fingerprint density at radius 2 is 1.92 bits per heavy atom. The minimum atomic E-state index is -4.64. The Labute approximate surface area is 137 Å². The first kappa shape index (κ1) is 19.8. The van der Waals surface area contributed by atoms with E-state index < -0.39 is 34.9 Å². The fourth-order valence-electron chi connectivity index (χ4n) is 1.77. The standard InChI is InChI=1S/C16H20F4N2O2/c1-15(2,3)24-14(23)22-7-5-4-6-10-8-12(17)13(21)9-11(10)16(18,19)20/h4,6,8-9H,5,7,21H2,1-3H3,(H,22,23). The first-order chi connectivity index (χ1) is 10.9. The maximum absolute atomic E-state index is 13.4. The van der Waals surface area contributed by atoms with Crippen LogP contribution >= 0.6 is 0 Å². The Balaban J connectivity index is 2.68. The van der Waals surface area contributed by atoms with Gasteiger partial charge in [0.1, 0.15) is 11.4 Å². The molecule has 0 atom stereocenters. The molecule has 0 heterocycles. The van der Waals surface area contributed by atoms with E-state index in [1.54, 1.807) is 20.8 Å². The van der Waals surface area contributed by atoms with E-state index in [0.29, 0.717) is 6.07 Å². The summed E-state index contributed by atoms with van der Waals surface area (Å²) in [6.07, 6.45) is -2.47. The van der Waals surface area contributed by atoms with E-state index in [1.807, 2.05) is 0 Å². The predicted octanol–water partition coefficient (Wildman–Crippen LogP) is 4.35. The molecule has 0 unspecified atom stereocenters. The van der Waals surface area contributed by atoms with Crippen LogP contribution in [0.15, 0.2) is 18.2 Å². The van der Waals surface area contributed by atoms with Crippen molar-refractivity contribution in [1.82, 2.24) is 5.32 Å². The number of ether oxygens (including phenoxy) is 1. The third-order valence-corrected chi connectivity index (χ3v) is 2.75. The van der Waals surface area contributed by atoms with Crippen LogP contribution < -0.4 is 11.1 Å². The van der Waals surface area contributed by atoms with E-state index in [-0.39, 0.29) is 18.5 Å². The monoisotopic (exact) mass is 348 g/mol. The summed E-state index contributed by atoms with van der Waals surface area (Å²) in [4.78, 5) is 11.4. The van der Waals surface area contributed by atoms with Crippen LogP contribution in [0.4, 0.5) is 28.0 Å². The number of rotatable bonds is 4. The summed E-state index contributed by atoms with van der Waals surface area (Å²) < 4.78 is 57.1. The average molecular weight is 348 g/mol. The van der Waals surface area contributed by atoms with E-state index in [1.165, 1.54) is 6.08 Å². The van der Waals surface area contributed by atoms with Crippen LogP contribution in [0.25, 0.3) is 6.08 Å². The van der Waals surface area contributed by atoms with Crippen LogP contribution in [-0.4, -0.2) is 18.2 Å². The highest BCUT2D eigenvalue weighted by Gasteiger charge is 2.33. The van der Waals surface area contributed by atoms with Gasteiger partial charge in [-0.05, 0) is 44.9 Å². The van der Waals surface area contributed by atoms with Gasteiger partial charge in [0.05, 0.1) is 11.3 Å². The molecule has 0 fully saturated rings. The molecular formula is C16H20F4N2O2. The minimum Gasteiger partial charge on any atom is -0.444 e. The third-order valence-electron chi connectivity index (χ3n) is 2.75. The van der Waals surface area contributed by atoms with Crippen molar-refractivity contribution in [3.05, 3.63) is 35.2 Å². The van der Waals surface area contributed by atoms with Gasteiger partial charge >= 0.3 is 12.3 Å². The molecule has 24 heavy (non-hydrogen) atoms. The maximum atomic E-state index is 13.4. The average Bonchev–Trinajstić information content (AvgIpc) is 2.38. The largest absolute Gasteiger partial charge is 0.444 e. The molecule has 8 heteroatoms. The van der Waals surface area contributed by atoms with Gasteiger partial charge in [0.2, 0.25) is 0 Å². The highest BCUT2D eigenvalue weighted by molar-refractivity contribution is 5.67. The van der Waals surface area contributed by atoms with Gasteiger partial charge in [-0.15, -0.1) is 0 Å². The zero-order valence-electron chi connectivity index (χ0n) is 13.6. The number of carbonyl (C=O) groups is 1. The molecule has 0 bridgehead atoms. The van der Waals surface area contributed by atoms with Crippen molar-refractivity contribution in [3.63, 3.8) is 0 Å². The van der Waals surface area contributed by atoms with Gasteiger partial charge in [-0.3, -0.25) is 0 Å². The number of amides is 1. The molecule has 0 aliphatic rings. The van der Waals surface area contributed by atoms with E-state index in [2.05, 4.69) is 5.32 Å². The van der Waals surface area contributed by atoms with Gasteiger partial charge in [0.25, 0.3) is 0 Å². The molecule has 1 aromatic rings. The Hall–Kier alpha value is -2.25. The zero-order chi connectivity index (χ0) is 18.5. The molecule has 1 rings (SSSR count). The Kier molecular flexibility index (Phi) is 6.22. The second-order valence-electron chi connectivity index (χ2n) is 6.08. The lowest BCUT2D eigenvalue weighted by atomic mass is 10.0. The number of nitrogen functional groups attached to an aromatic ring is 1. The van der Waals surface area contributed by atoms with Gasteiger partial charge in [0, 0.05) is 6.54 Å². The maximum Gasteiger partial charge on any atom is 0.417 e. The zero-order valence-corrected chi connectivity index (χ0v) is 13.6. The predicted molar refractivity (Wildman–Crippen MR) is 83.7 cm³/mol. The highest BCUT2D eigenvalue weighted by Crippen LogP contribution is 2.34. The summed E-state index contributed by atoms with van der Waals surface area (Å²) in [5.41, 5.74) is 2.64. The van der Waals surface area contributed by atoms with Crippen LogP contribution in [0.1, 0.15) is 38.3 Å². The second-order valence-corrected chi connectivity index (χ2v) is 6.08. The van der Waals surface area contributed by atoms with Crippen LogP contribution in [0, 0.1) is 5.82 Å². The molecule has 0 radical (unpaired) electrons. The Morgan fingerprint density at radius 1 is 1.29 bits per heavy atom. The number of nitrogens with one attached hydrogen (secondary N) is 1. The number of alkyl carbamates (subject to hydrolysis) is 1. The second kappa shape index (κ2) is 7.55. The van der Waals surface area contributed by atoms with Gasteiger partial charge in [-0.2, -0.15) is 13.2 Å². The highest BCUT2D eigenvalue weighted by atomic mass is 19.4. The van der Waals surface area contributed by atoms with Gasteiger partial charge in [0.15, 0.2) is 0 Å². The van der Waals surface area contributed by atoms with Crippen molar-refractivity contribution in [2.75, 3.05) is 12.3 Å². The lowest BCUT2D eigenvalue weighted by Gasteiger charge is -2.19. The molecule has 0 aliphatic carbocycles. The van der Waals surface area contributed by atoms with Crippen molar-refractivity contribution in [2.45, 2.75) is 39.0 Å². The number of halogens is 4. The molecule has 4 nitrogen and oxygen atoms in total. The fourth-order valence-corrected chi connectivity index (χ4v) is 1.77. The Bertz CT molecular complexity index is 620. The number of hydrogen-bond donors (Lipinski definition) is 2. The van der Waals surface area contributed by atoms with Gasteiger partial charge in [-0.1, -0.05) is 12.2 Å². The first-order valence-corrected chi connectivity index (χ1v) is 7.20. The summed E-state index contributed by atoms with van der Waals surface area (Å²) in [7, 11) is 0. The van der Waals surface area contributed by atoms with E-state index >= 15 is 0 Å². The molecule has 0 saturated heterocycles. The van der Waals surface area contributed by atoms with E-state index in [9.17, 15) is 22.4 Å². The third kappa shape index (κ3) is 6.47. The molecule has 1 aromatic carbocycles. The van der Waals surface area contributed by atoms with Crippen molar-refractivity contribution in [3.8, 4) is 0 Å². The van der Waals surface area contributed by atoms with Crippen LogP contribution in [-0.2, 0) is 10.9 Å². The van der Waals surface area contributed by atoms with Crippen LogP contribution in [0.5, 0.6) is 0 Å². The summed E-state index contributed by atoms with van der Waals surface area (Å²) in [5, 5.41) is 2.46. The normalized spacial score (nSPS) is 12.5. The van der Waals surface area contributed by atoms with Crippen molar-refractivity contribution >= 4 is 17.9 Å². The van der Waals surface area contributed by atoms with Crippen molar-refractivity contribution in [2.24, 2.45) is 0 Å². The smallest absolute Gasteiger partial charge is 0.417 e. The lowest BCUT2D eigenvalue weighted by molar-refractivity contribution is -0.137. The molecule has 0 aliphatic heterocycles. The number of anilines is 1. The molecular weight excluding hydrogens is 328 g/mol. The summed E-state index contributed by atoms with van der Waals surface area (Å²) in [6.45, 7) is 5.30. The minimum absolute atomic E-state index is 0.171. The fraction of sp³-hybridized carbons (Fsp3) is 0.438. The lowest BCUT2D eigenvalue weighted by Crippen LogP contribution is -2.32. The first-order valence-electron chi connectivity index (χ1n) is 7.20. The number of hydrogen-bond acceptors (Lipinski definition) is 3. The van der Waals surface area contributed by atoms with E-state index in [4.69, 9.17) is 10.5 Å². The topological polar surface area (TPSA) is 64.3 Å². The van der Waals surface area contributed by atoms with Crippen LogP contribution in [0.3, 0.4) is 0 Å². The van der Waals surface area contributed by atoms with Crippen molar-refractivity contribution < 1.29 is 27.1 Å². The van der Waals surface area contributed by atoms with Crippen molar-refractivity contribution in [1.29, 1.82) is 0 Å². The number of nitrogens with two attached hydrogens (primary N) is 1. The number of benzene rings is 1. The number of carbonyl (C=O) groups excluding carboxylic acids is 1. The Morgan fingerprint density at radius 3 is 2.46 bits per heavy atom. The quantitative estimate of drug-likeness (QED) is 0.483. The molecule has 0 aromatic heterocycles. The molecule has 0 spiro atoms. The number of alkyl halides is 3. The molecule has 0 saturated carbocycles. The van der Waals surface area contributed by atoms with Crippen LogP contribution in [0.2, 0.25) is 0 Å². The van der Waals surface area contributed by atoms with Gasteiger partial charge in [-0.25, -0.2) is 9.18 Å². The van der Waals surface area contributed by atoms with Gasteiger partial charge < -0.3 is 15.8 Å². The molecule has 1 amide bonds. The summed E-state index contributed by atoms with van der Waals surface area (Å²) in [5.74, 6) is -0.922. The molecule has 3 N–H and O–H groups in total. The molecule has 134 valence electrons.